The Morgan fingerprint density at radius 1 is 0.633 bits per heavy atom. The van der Waals surface area contributed by atoms with E-state index in [9.17, 15) is 9.59 Å². The molecule has 0 N–H and O–H groups in total. The zero-order chi connectivity index (χ0) is 21.3. The average Bonchev–Trinajstić information content (AvgIpc) is 3.07. The van der Waals surface area contributed by atoms with Gasteiger partial charge >= 0.3 is 11.9 Å². The van der Waals surface area contributed by atoms with Crippen molar-refractivity contribution in [1.29, 1.82) is 0 Å². The molecule has 4 aliphatic rings. The van der Waals surface area contributed by atoms with Crippen molar-refractivity contribution in [3.8, 4) is 22.3 Å². The third kappa shape index (κ3) is 3.20. The first kappa shape index (κ1) is 19.6. The van der Waals surface area contributed by atoms with Crippen LogP contribution in [-0.4, -0.2) is 26.2 Å². The Kier molecular flexibility index (Phi) is 5.23. The van der Waals surface area contributed by atoms with Gasteiger partial charge in [-0.3, -0.25) is 0 Å². The molecule has 0 atom stereocenters. The van der Waals surface area contributed by atoms with Gasteiger partial charge in [-0.05, 0) is 45.5 Å². The maximum Gasteiger partial charge on any atom is 0.338 e. The number of carbonyl (C=O) groups is 2. The highest BCUT2D eigenvalue weighted by Gasteiger charge is 2.28. The number of esters is 2. The van der Waals surface area contributed by atoms with Gasteiger partial charge in [0.1, 0.15) is 0 Å². The molecular formula is C26H22O4. The maximum atomic E-state index is 12.4. The van der Waals surface area contributed by atoms with Crippen LogP contribution in [0.5, 0.6) is 0 Å². The smallest absolute Gasteiger partial charge is 0.338 e. The number of methoxy groups -OCH3 is 2. The molecule has 4 heteroatoms. The highest BCUT2D eigenvalue weighted by Crippen LogP contribution is 2.44. The molecule has 0 saturated carbocycles. The molecule has 0 amide bonds. The Labute approximate surface area is 175 Å². The quantitative estimate of drug-likeness (QED) is 0.419. The molecule has 150 valence electrons. The van der Waals surface area contributed by atoms with E-state index in [0.29, 0.717) is 11.1 Å². The second-order valence-corrected chi connectivity index (χ2v) is 7.21. The van der Waals surface area contributed by atoms with Crippen LogP contribution in [0.25, 0.3) is 22.3 Å². The molecule has 4 rings (SSSR count). The fraction of sp³-hybridized carbons (Fsp3) is 0.154. The molecule has 0 aromatic carbocycles. The zero-order valence-electron chi connectivity index (χ0n) is 17.1. The lowest BCUT2D eigenvalue weighted by molar-refractivity contribution is 0.0593. The van der Waals surface area contributed by atoms with Gasteiger partial charge in [0, 0.05) is 5.92 Å². The van der Waals surface area contributed by atoms with E-state index in [1.807, 2.05) is 72.8 Å². The van der Waals surface area contributed by atoms with Crippen molar-refractivity contribution in [2.75, 3.05) is 14.2 Å². The number of ether oxygens (including phenoxy) is 2. The van der Waals surface area contributed by atoms with Gasteiger partial charge in [-0.15, -0.1) is 0 Å². The van der Waals surface area contributed by atoms with Gasteiger partial charge < -0.3 is 9.47 Å². The number of rotatable bonds is 4. The van der Waals surface area contributed by atoms with Crippen molar-refractivity contribution < 1.29 is 19.1 Å². The summed E-state index contributed by atoms with van der Waals surface area (Å²) in [5.41, 5.74) is 6.78. The summed E-state index contributed by atoms with van der Waals surface area (Å²) in [6.45, 7) is 2.09. The van der Waals surface area contributed by atoms with Gasteiger partial charge in [0.05, 0.1) is 25.3 Å². The Hall–Kier alpha value is -3.66. The first-order valence-electron chi connectivity index (χ1n) is 9.76. The van der Waals surface area contributed by atoms with Crippen LogP contribution in [0.4, 0.5) is 0 Å². The second kappa shape index (κ2) is 7.99. The van der Waals surface area contributed by atoms with Crippen molar-refractivity contribution in [1.82, 2.24) is 0 Å². The molecule has 0 aliphatic heterocycles. The molecule has 0 aromatic rings. The van der Waals surface area contributed by atoms with Gasteiger partial charge in [0.15, 0.2) is 0 Å². The Morgan fingerprint density at radius 3 is 1.37 bits per heavy atom. The van der Waals surface area contributed by atoms with Crippen LogP contribution in [-0.2, 0) is 9.47 Å². The minimum Gasteiger partial charge on any atom is -0.465 e. The monoisotopic (exact) mass is 398 g/mol. The minimum absolute atomic E-state index is 0.0587. The average molecular weight is 398 g/mol. The Balaban J connectivity index is 1.92. The largest absolute Gasteiger partial charge is 0.465 e. The van der Waals surface area contributed by atoms with Crippen molar-refractivity contribution in [2.24, 2.45) is 0 Å². The van der Waals surface area contributed by atoms with Crippen LogP contribution in [0.1, 0.15) is 44.7 Å². The molecule has 0 bridgehead atoms. The van der Waals surface area contributed by atoms with Crippen LogP contribution in [0.15, 0.2) is 72.8 Å². The predicted octanol–water partition coefficient (Wildman–Crippen LogP) is 5.62. The summed E-state index contributed by atoms with van der Waals surface area (Å²) >= 11 is 0. The van der Waals surface area contributed by atoms with Crippen LogP contribution in [0, 0.1) is 0 Å². The van der Waals surface area contributed by atoms with Crippen molar-refractivity contribution in [2.45, 2.75) is 12.8 Å². The summed E-state index contributed by atoms with van der Waals surface area (Å²) in [6.07, 6.45) is 0. The zero-order valence-corrected chi connectivity index (χ0v) is 17.1. The highest BCUT2D eigenvalue weighted by molar-refractivity contribution is 6.02. The van der Waals surface area contributed by atoms with Gasteiger partial charge in [0.2, 0.25) is 0 Å². The standard InChI is InChI=1S/C26H22O4/c1-16(21-14-23(25(27)29-2)19-12-8-4-6-10-17(19)21)22-15-24(26(28)30-3)20-13-9-5-7-11-18(20)22/h4-16H,1-3H3. The Morgan fingerprint density at radius 2 is 1.00 bits per heavy atom. The molecule has 0 heterocycles. The molecule has 4 aliphatic carbocycles. The summed E-state index contributed by atoms with van der Waals surface area (Å²) in [5, 5.41) is 0. The summed E-state index contributed by atoms with van der Waals surface area (Å²) in [7, 11) is 2.78. The van der Waals surface area contributed by atoms with Gasteiger partial charge in [-0.1, -0.05) is 67.6 Å². The normalized spacial score (nSPS) is 11.1. The van der Waals surface area contributed by atoms with Crippen molar-refractivity contribution >= 4 is 11.9 Å². The Bertz CT molecular complexity index is 1080. The molecule has 30 heavy (non-hydrogen) atoms. The first-order valence-corrected chi connectivity index (χ1v) is 9.76. The summed E-state index contributed by atoms with van der Waals surface area (Å²) in [4.78, 5) is 24.8. The lowest BCUT2D eigenvalue weighted by Gasteiger charge is -2.13. The van der Waals surface area contributed by atoms with E-state index in [1.54, 1.807) is 0 Å². The van der Waals surface area contributed by atoms with E-state index >= 15 is 0 Å². The number of hydrogen-bond donors (Lipinski definition) is 0. The summed E-state index contributed by atoms with van der Waals surface area (Å²) in [6, 6.07) is 23.3. The molecule has 0 fully saturated rings. The van der Waals surface area contributed by atoms with Crippen molar-refractivity contribution in [3.63, 3.8) is 0 Å². The third-order valence-corrected chi connectivity index (χ3v) is 5.62. The van der Waals surface area contributed by atoms with Crippen LogP contribution < -0.4 is 0 Å². The second-order valence-electron chi connectivity index (χ2n) is 7.21. The fourth-order valence-corrected chi connectivity index (χ4v) is 4.13. The van der Waals surface area contributed by atoms with Crippen LogP contribution >= 0.6 is 0 Å². The van der Waals surface area contributed by atoms with E-state index in [4.69, 9.17) is 9.47 Å². The minimum atomic E-state index is -0.362. The fourth-order valence-electron chi connectivity index (χ4n) is 4.13. The summed E-state index contributed by atoms with van der Waals surface area (Å²) in [5.74, 6) is -0.783. The molecule has 0 aromatic heterocycles. The van der Waals surface area contributed by atoms with Gasteiger partial charge in [0.25, 0.3) is 0 Å². The number of carbonyl (C=O) groups excluding carboxylic acids is 2. The maximum absolute atomic E-state index is 12.4. The molecule has 0 radical (unpaired) electrons. The summed E-state index contributed by atoms with van der Waals surface area (Å²) < 4.78 is 10.0. The number of fused-ring (bicyclic) bond motifs is 2. The van der Waals surface area contributed by atoms with Crippen molar-refractivity contribution in [3.05, 3.63) is 95.1 Å². The highest BCUT2D eigenvalue weighted by atomic mass is 16.5. The van der Waals surface area contributed by atoms with Gasteiger partial charge in [-0.25, -0.2) is 9.59 Å². The first-order chi connectivity index (χ1) is 14.6. The van der Waals surface area contributed by atoms with E-state index in [0.717, 1.165) is 33.4 Å². The third-order valence-electron chi connectivity index (χ3n) is 5.62. The van der Waals surface area contributed by atoms with E-state index in [-0.39, 0.29) is 17.9 Å². The van der Waals surface area contributed by atoms with E-state index < -0.39 is 0 Å². The van der Waals surface area contributed by atoms with Crippen LogP contribution in [0.3, 0.4) is 0 Å². The SMILES string of the molecule is COC(=O)c1cc(C(C)c2cc(C(=O)OC)c3cccccc2-3)c2cccccc1-2. The predicted molar refractivity (Wildman–Crippen MR) is 116 cm³/mol. The molecule has 0 saturated heterocycles. The molecule has 0 unspecified atom stereocenters. The lowest BCUT2D eigenvalue weighted by Crippen LogP contribution is -2.00. The molecule has 4 nitrogen and oxygen atoms in total. The van der Waals surface area contributed by atoms with E-state index in [2.05, 4.69) is 6.92 Å². The van der Waals surface area contributed by atoms with Gasteiger partial charge in [-0.2, -0.15) is 0 Å². The topological polar surface area (TPSA) is 52.6 Å². The van der Waals surface area contributed by atoms with E-state index in [1.165, 1.54) is 14.2 Å². The number of hydrogen-bond acceptors (Lipinski definition) is 4. The molecule has 0 spiro atoms. The van der Waals surface area contributed by atoms with Crippen LogP contribution in [0.2, 0.25) is 0 Å². The molecular weight excluding hydrogens is 376 g/mol. The lowest BCUT2D eigenvalue weighted by atomic mass is 9.90.